The van der Waals surface area contributed by atoms with E-state index in [9.17, 15) is 27.6 Å². The lowest BCUT2D eigenvalue weighted by Gasteiger charge is -2.47. The Morgan fingerprint density at radius 3 is 2.21 bits per heavy atom. The number of benzene rings is 2. The van der Waals surface area contributed by atoms with Crippen molar-refractivity contribution >= 4 is 34.4 Å². The Balaban J connectivity index is 0.000000569. The molecule has 1 aromatic heterocycles. The molecule has 262 valence electrons. The molecule has 0 bridgehead atoms. The number of hydrogen-bond acceptors (Lipinski definition) is 5. The highest BCUT2D eigenvalue weighted by atomic mass is 35.5. The van der Waals surface area contributed by atoms with E-state index < -0.39 is 23.1 Å². The third kappa shape index (κ3) is 10.1. The van der Waals surface area contributed by atoms with Crippen molar-refractivity contribution in [3.05, 3.63) is 80.7 Å². The van der Waals surface area contributed by atoms with Crippen LogP contribution in [-0.2, 0) is 11.0 Å². The molecule has 2 amide bonds. The van der Waals surface area contributed by atoms with Crippen molar-refractivity contribution < 1.29 is 27.2 Å². The van der Waals surface area contributed by atoms with Crippen LogP contribution in [-0.4, -0.2) is 48.4 Å². The number of likely N-dealkylation sites (tertiary alicyclic amines) is 1. The van der Waals surface area contributed by atoms with Gasteiger partial charge in [0.15, 0.2) is 11.2 Å². The molecular formula is C37H47ClF3N3O4. The highest BCUT2D eigenvalue weighted by molar-refractivity contribution is 6.30. The van der Waals surface area contributed by atoms with E-state index in [2.05, 4.69) is 15.5 Å². The molecule has 0 radical (unpaired) electrons. The molecule has 2 aromatic carbocycles. The number of carbonyl (C=O) groups is 2. The summed E-state index contributed by atoms with van der Waals surface area (Å²) in [6, 6.07) is 11.3. The smallest absolute Gasteiger partial charge is 0.416 e. The molecule has 0 unspecified atom stereocenters. The van der Waals surface area contributed by atoms with E-state index in [0.29, 0.717) is 18.9 Å². The molecule has 5 rings (SSSR count). The molecule has 2 N–H and O–H groups in total. The largest absolute Gasteiger partial charge is 0.451 e. The van der Waals surface area contributed by atoms with Crippen molar-refractivity contribution in [2.75, 3.05) is 26.2 Å². The number of fused-ring (bicyclic) bond motifs is 1. The first-order valence-electron chi connectivity index (χ1n) is 16.8. The van der Waals surface area contributed by atoms with Crippen molar-refractivity contribution in [3.63, 3.8) is 0 Å². The lowest BCUT2D eigenvalue weighted by molar-refractivity contribution is -0.141. The van der Waals surface area contributed by atoms with Gasteiger partial charge in [-0.2, -0.15) is 13.2 Å². The second-order valence-corrected chi connectivity index (χ2v) is 14.6. The van der Waals surface area contributed by atoms with E-state index in [0.717, 1.165) is 74.6 Å². The van der Waals surface area contributed by atoms with Crippen LogP contribution in [0.2, 0.25) is 5.02 Å². The van der Waals surface area contributed by atoms with Crippen LogP contribution < -0.4 is 16.1 Å². The number of hydrogen-bond donors (Lipinski definition) is 2. The van der Waals surface area contributed by atoms with Crippen LogP contribution in [0.15, 0.2) is 57.7 Å². The van der Waals surface area contributed by atoms with E-state index in [4.69, 9.17) is 16.0 Å². The van der Waals surface area contributed by atoms with Crippen molar-refractivity contribution in [3.8, 4) is 0 Å². The Morgan fingerprint density at radius 1 is 0.979 bits per heavy atom. The third-order valence-corrected chi connectivity index (χ3v) is 9.55. The quantitative estimate of drug-likeness (QED) is 0.244. The summed E-state index contributed by atoms with van der Waals surface area (Å²) in [4.78, 5) is 40.8. The summed E-state index contributed by atoms with van der Waals surface area (Å²) >= 11 is 5.61. The van der Waals surface area contributed by atoms with Crippen LogP contribution in [0.1, 0.15) is 93.8 Å². The fourth-order valence-electron chi connectivity index (χ4n) is 6.69. The summed E-state index contributed by atoms with van der Waals surface area (Å²) in [6.45, 7) is 10.9. The first-order valence-corrected chi connectivity index (χ1v) is 17.2. The number of nitrogens with zero attached hydrogens (tertiary/aromatic N) is 1. The highest BCUT2D eigenvalue weighted by Gasteiger charge is 2.48. The Kier molecular flexibility index (Phi) is 12.4. The predicted molar refractivity (Wildman–Crippen MR) is 183 cm³/mol. The fraction of sp³-hybridized carbons (Fsp3) is 0.541. The summed E-state index contributed by atoms with van der Waals surface area (Å²) in [6.07, 6.45) is 3.57. The standard InChI is InChI=1S/C30H40F3N3O4.C7H7Cl/c1-28(2,3)35-27(39)29(20-8-5-4-6-9-20)12-16-36(17-13-29)15-7-14-34-26(38)25-19-23(37)22-18-21(30(31,32)33)10-11-24(22)40-25;1-6-2-4-7(8)5-3-6/h10-11,18-20H,4-9,12-17H2,1-3H3,(H,34,38)(H,35,39);2-5H,1H3. The predicted octanol–water partition coefficient (Wildman–Crippen LogP) is 8.16. The van der Waals surface area contributed by atoms with Crippen molar-refractivity contribution in [1.29, 1.82) is 0 Å². The molecule has 3 aromatic rings. The molecule has 0 spiro atoms. The zero-order valence-electron chi connectivity index (χ0n) is 28.3. The van der Waals surface area contributed by atoms with E-state index in [-0.39, 0.29) is 33.6 Å². The maximum absolute atomic E-state index is 13.5. The molecule has 1 aliphatic heterocycles. The molecule has 1 aliphatic carbocycles. The number of alkyl halides is 3. The van der Waals surface area contributed by atoms with Crippen LogP contribution in [0.3, 0.4) is 0 Å². The molecule has 1 saturated carbocycles. The van der Waals surface area contributed by atoms with Crippen LogP contribution in [0.4, 0.5) is 13.2 Å². The van der Waals surface area contributed by atoms with Gasteiger partial charge < -0.3 is 20.0 Å². The van der Waals surface area contributed by atoms with Crippen LogP contribution in [0.5, 0.6) is 0 Å². The third-order valence-electron chi connectivity index (χ3n) is 9.30. The van der Waals surface area contributed by atoms with Gasteiger partial charge in [-0.05, 0) is 116 Å². The normalized spacial score (nSPS) is 17.3. The second-order valence-electron chi connectivity index (χ2n) is 14.1. The molecule has 2 fully saturated rings. The van der Waals surface area contributed by atoms with E-state index >= 15 is 0 Å². The van der Waals surface area contributed by atoms with E-state index in [1.807, 2.05) is 52.0 Å². The first kappa shape index (κ1) is 37.4. The summed E-state index contributed by atoms with van der Waals surface area (Å²) in [5.41, 5.74) is -1.09. The number of carbonyl (C=O) groups excluding carboxylic acids is 2. The first-order chi connectivity index (χ1) is 22.6. The number of piperidine rings is 1. The lowest BCUT2D eigenvalue weighted by Crippen LogP contribution is -2.56. The van der Waals surface area contributed by atoms with Gasteiger partial charge in [-0.15, -0.1) is 0 Å². The van der Waals surface area contributed by atoms with Crippen molar-refractivity contribution in [2.45, 2.75) is 90.8 Å². The zero-order chi connectivity index (χ0) is 35.1. The van der Waals surface area contributed by atoms with Crippen molar-refractivity contribution in [2.24, 2.45) is 11.3 Å². The Labute approximate surface area is 285 Å². The zero-order valence-corrected chi connectivity index (χ0v) is 29.0. The number of amides is 2. The summed E-state index contributed by atoms with van der Waals surface area (Å²) < 4.78 is 44.3. The van der Waals surface area contributed by atoms with Gasteiger partial charge in [0.2, 0.25) is 5.91 Å². The van der Waals surface area contributed by atoms with Crippen LogP contribution in [0, 0.1) is 18.3 Å². The maximum Gasteiger partial charge on any atom is 0.416 e. The van der Waals surface area contributed by atoms with Gasteiger partial charge in [-0.25, -0.2) is 0 Å². The minimum atomic E-state index is -4.58. The molecule has 0 atom stereocenters. The number of halogens is 4. The Bertz CT molecular complexity index is 1580. The molecule has 1 saturated heterocycles. The Hall–Kier alpha value is -3.37. The number of nitrogens with one attached hydrogen (secondary N) is 2. The molecular weight excluding hydrogens is 643 g/mol. The number of aryl methyl sites for hydroxylation is 1. The average Bonchev–Trinajstić information content (AvgIpc) is 3.04. The minimum Gasteiger partial charge on any atom is -0.451 e. The van der Waals surface area contributed by atoms with E-state index in [1.165, 1.54) is 24.8 Å². The topological polar surface area (TPSA) is 91.7 Å². The van der Waals surface area contributed by atoms with E-state index in [1.54, 1.807) is 0 Å². The Morgan fingerprint density at radius 2 is 1.62 bits per heavy atom. The number of rotatable bonds is 7. The average molecular weight is 690 g/mol. The van der Waals surface area contributed by atoms with Gasteiger partial charge in [0.1, 0.15) is 5.58 Å². The summed E-state index contributed by atoms with van der Waals surface area (Å²) in [5, 5.41) is 6.57. The lowest BCUT2D eigenvalue weighted by atomic mass is 9.63. The molecule has 11 heteroatoms. The molecule has 2 heterocycles. The van der Waals surface area contributed by atoms with Gasteiger partial charge in [0.05, 0.1) is 16.4 Å². The van der Waals surface area contributed by atoms with Crippen LogP contribution >= 0.6 is 11.6 Å². The fourth-order valence-corrected chi connectivity index (χ4v) is 6.81. The minimum absolute atomic E-state index is 0.0732. The van der Waals surface area contributed by atoms with Crippen molar-refractivity contribution in [1.82, 2.24) is 15.5 Å². The van der Waals surface area contributed by atoms with Gasteiger partial charge >= 0.3 is 6.18 Å². The monoisotopic (exact) mass is 689 g/mol. The van der Waals surface area contributed by atoms with Crippen LogP contribution in [0.25, 0.3) is 11.0 Å². The van der Waals surface area contributed by atoms with Gasteiger partial charge in [0, 0.05) is 23.2 Å². The second kappa shape index (κ2) is 15.9. The maximum atomic E-state index is 13.5. The van der Waals surface area contributed by atoms with Gasteiger partial charge in [-0.3, -0.25) is 14.4 Å². The van der Waals surface area contributed by atoms with Gasteiger partial charge in [0.25, 0.3) is 5.91 Å². The summed E-state index contributed by atoms with van der Waals surface area (Å²) in [5.74, 6) is -0.225. The SMILES string of the molecule is CC(C)(C)NC(=O)C1(C2CCCCC2)CCN(CCCNC(=O)c2cc(=O)c3cc(C(F)(F)F)ccc3o2)CC1.Cc1ccc(Cl)cc1. The molecule has 7 nitrogen and oxygen atoms in total. The van der Waals surface area contributed by atoms with Gasteiger partial charge in [-0.1, -0.05) is 48.6 Å². The molecule has 2 aliphatic rings. The molecule has 48 heavy (non-hydrogen) atoms. The highest BCUT2D eigenvalue weighted by Crippen LogP contribution is 2.46. The summed E-state index contributed by atoms with van der Waals surface area (Å²) in [7, 11) is 0.